The molecule has 0 aliphatic rings. The van der Waals surface area contributed by atoms with E-state index < -0.39 is 28.3 Å². The summed E-state index contributed by atoms with van der Waals surface area (Å²) < 4.78 is 29.1. The van der Waals surface area contributed by atoms with Gasteiger partial charge in [0.05, 0.1) is 17.1 Å². The Kier molecular flexibility index (Phi) is 7.35. The zero-order valence-corrected chi connectivity index (χ0v) is 16.1. The van der Waals surface area contributed by atoms with E-state index in [4.69, 9.17) is 4.74 Å². The average molecular weight is 396 g/mol. The van der Waals surface area contributed by atoms with Gasteiger partial charge in [0, 0.05) is 11.4 Å². The molecular weight excluding hydrogens is 374 g/mol. The van der Waals surface area contributed by atoms with Crippen molar-refractivity contribution in [2.75, 3.05) is 18.9 Å². The smallest absolute Gasteiger partial charge is 0.307 e. The van der Waals surface area contributed by atoms with Crippen molar-refractivity contribution in [3.63, 3.8) is 0 Å². The fourth-order valence-electron chi connectivity index (χ4n) is 2.13. The van der Waals surface area contributed by atoms with E-state index in [1.807, 2.05) is 24.4 Å². The highest BCUT2D eigenvalue weighted by atomic mass is 32.2. The fraction of sp³-hybridized carbons (Fsp3) is 0.333. The van der Waals surface area contributed by atoms with Crippen LogP contribution in [0.5, 0.6) is 0 Å². The number of carbonyl (C=O) groups excluding carboxylic acids is 2. The number of amides is 1. The van der Waals surface area contributed by atoms with Crippen LogP contribution in [0.4, 0.5) is 0 Å². The molecule has 2 aromatic rings. The quantitative estimate of drug-likeness (QED) is 0.657. The molecule has 26 heavy (non-hydrogen) atoms. The van der Waals surface area contributed by atoms with Crippen molar-refractivity contribution in [2.24, 2.45) is 0 Å². The Bertz CT molecular complexity index is 827. The second-order valence-electron chi connectivity index (χ2n) is 5.72. The minimum Gasteiger partial charge on any atom is -0.456 e. The van der Waals surface area contributed by atoms with E-state index in [0.29, 0.717) is 13.0 Å². The summed E-state index contributed by atoms with van der Waals surface area (Å²) in [6.45, 7) is 1.91. The third-order valence-electron chi connectivity index (χ3n) is 3.59. The van der Waals surface area contributed by atoms with Gasteiger partial charge in [-0.1, -0.05) is 23.8 Å². The Morgan fingerprint density at radius 1 is 1.15 bits per heavy atom. The summed E-state index contributed by atoms with van der Waals surface area (Å²) in [6, 6.07) is 10.3. The number of esters is 1. The van der Waals surface area contributed by atoms with Crippen molar-refractivity contribution < 1.29 is 22.7 Å². The summed E-state index contributed by atoms with van der Waals surface area (Å²) in [6.07, 6.45) is 0.421. The second-order valence-corrected chi connectivity index (χ2v) is 8.86. The molecule has 1 heterocycles. The normalized spacial score (nSPS) is 11.1. The average Bonchev–Trinajstić information content (AvgIpc) is 3.12. The van der Waals surface area contributed by atoms with Crippen LogP contribution in [0.25, 0.3) is 0 Å². The summed E-state index contributed by atoms with van der Waals surface area (Å²) in [7, 11) is -3.55. The number of nitrogens with one attached hydrogen (secondary N) is 1. The predicted molar refractivity (Wildman–Crippen MR) is 99.8 cm³/mol. The van der Waals surface area contributed by atoms with Gasteiger partial charge < -0.3 is 10.1 Å². The Morgan fingerprint density at radius 3 is 2.54 bits per heavy atom. The zero-order valence-electron chi connectivity index (χ0n) is 14.4. The lowest BCUT2D eigenvalue weighted by Gasteiger charge is -2.07. The molecule has 1 aromatic heterocycles. The molecule has 1 aromatic carbocycles. The van der Waals surface area contributed by atoms with Crippen molar-refractivity contribution in [2.45, 2.75) is 24.7 Å². The van der Waals surface area contributed by atoms with E-state index in [2.05, 4.69) is 5.32 Å². The first-order valence-corrected chi connectivity index (χ1v) is 10.6. The molecule has 8 heteroatoms. The number of ether oxygens (including phenoxy) is 1. The van der Waals surface area contributed by atoms with Gasteiger partial charge in [0.15, 0.2) is 16.4 Å². The van der Waals surface area contributed by atoms with Crippen LogP contribution < -0.4 is 5.32 Å². The number of sulfone groups is 1. The summed E-state index contributed by atoms with van der Waals surface area (Å²) in [5, 5.41) is 4.61. The van der Waals surface area contributed by atoms with Gasteiger partial charge in [-0.3, -0.25) is 9.59 Å². The van der Waals surface area contributed by atoms with Crippen LogP contribution in [-0.2, 0) is 30.6 Å². The lowest BCUT2D eigenvalue weighted by atomic mass is 10.2. The van der Waals surface area contributed by atoms with E-state index in [1.165, 1.54) is 12.1 Å². The van der Waals surface area contributed by atoms with Crippen LogP contribution in [-0.4, -0.2) is 39.2 Å². The van der Waals surface area contributed by atoms with Gasteiger partial charge in [-0.15, -0.1) is 11.3 Å². The molecule has 1 N–H and O–H groups in total. The molecule has 0 fully saturated rings. The van der Waals surface area contributed by atoms with E-state index in [9.17, 15) is 18.0 Å². The minimum absolute atomic E-state index is 0.169. The van der Waals surface area contributed by atoms with Crippen LogP contribution in [0.3, 0.4) is 0 Å². The molecule has 0 bridgehead atoms. The van der Waals surface area contributed by atoms with Crippen molar-refractivity contribution in [1.82, 2.24) is 5.32 Å². The van der Waals surface area contributed by atoms with E-state index in [-0.39, 0.29) is 17.1 Å². The number of rotatable bonds is 9. The lowest BCUT2D eigenvalue weighted by Crippen LogP contribution is -2.30. The molecule has 0 unspecified atom stereocenters. The summed E-state index contributed by atoms with van der Waals surface area (Å²) in [4.78, 5) is 24.6. The molecule has 0 saturated carbocycles. The molecule has 6 nitrogen and oxygen atoms in total. The Morgan fingerprint density at radius 2 is 1.88 bits per heavy atom. The van der Waals surface area contributed by atoms with Gasteiger partial charge in [-0.05, 0) is 36.9 Å². The number of benzene rings is 1. The lowest BCUT2D eigenvalue weighted by molar-refractivity contribution is -0.148. The molecule has 0 aliphatic carbocycles. The molecule has 0 saturated heterocycles. The van der Waals surface area contributed by atoms with Gasteiger partial charge in [0.25, 0.3) is 5.91 Å². The maximum atomic E-state index is 12.2. The summed E-state index contributed by atoms with van der Waals surface area (Å²) in [5.74, 6) is -1.47. The first-order chi connectivity index (χ1) is 12.4. The molecule has 0 atom stereocenters. The Hall–Kier alpha value is -2.19. The molecule has 0 spiro atoms. The summed E-state index contributed by atoms with van der Waals surface area (Å²) in [5.41, 5.74) is 0.952. The molecule has 140 valence electrons. The molecule has 0 radical (unpaired) electrons. The maximum Gasteiger partial charge on any atom is 0.307 e. The first-order valence-electron chi connectivity index (χ1n) is 8.11. The summed E-state index contributed by atoms with van der Waals surface area (Å²) >= 11 is 1.61. The third kappa shape index (κ3) is 6.61. The highest BCUT2D eigenvalue weighted by molar-refractivity contribution is 7.91. The van der Waals surface area contributed by atoms with Crippen molar-refractivity contribution in [3.8, 4) is 0 Å². The number of aryl methyl sites for hydroxylation is 1. The zero-order chi connectivity index (χ0) is 19.0. The first kappa shape index (κ1) is 20.1. The monoisotopic (exact) mass is 395 g/mol. The standard InChI is InChI=1S/C18H21NO5S2/c1-14-4-6-16(7-5-14)26(22,23)12-9-18(21)24-13-17(20)19-10-8-15-3-2-11-25-15/h2-7,11H,8-10,12-13H2,1H3,(H,19,20). The highest BCUT2D eigenvalue weighted by Crippen LogP contribution is 2.13. The minimum atomic E-state index is -3.55. The van der Waals surface area contributed by atoms with Gasteiger partial charge in [-0.25, -0.2) is 8.42 Å². The molecular formula is C18H21NO5S2. The van der Waals surface area contributed by atoms with Crippen LogP contribution in [0.2, 0.25) is 0 Å². The number of carbonyl (C=O) groups is 2. The third-order valence-corrected chi connectivity index (χ3v) is 6.26. The fourth-order valence-corrected chi connectivity index (χ4v) is 4.06. The molecule has 1 amide bonds. The van der Waals surface area contributed by atoms with Gasteiger partial charge >= 0.3 is 5.97 Å². The topological polar surface area (TPSA) is 89.5 Å². The highest BCUT2D eigenvalue weighted by Gasteiger charge is 2.17. The largest absolute Gasteiger partial charge is 0.456 e. The second kappa shape index (κ2) is 9.49. The van der Waals surface area contributed by atoms with Gasteiger partial charge in [0.2, 0.25) is 0 Å². The van der Waals surface area contributed by atoms with E-state index in [0.717, 1.165) is 10.4 Å². The van der Waals surface area contributed by atoms with Crippen LogP contribution in [0.1, 0.15) is 16.9 Å². The Balaban J connectivity index is 1.67. The van der Waals surface area contributed by atoms with Crippen molar-refractivity contribution in [1.29, 1.82) is 0 Å². The Labute approximate surface area is 157 Å². The van der Waals surface area contributed by atoms with Crippen molar-refractivity contribution >= 4 is 33.1 Å². The molecule has 2 rings (SSSR count). The predicted octanol–water partition coefficient (Wildman–Crippen LogP) is 2.12. The molecule has 0 aliphatic heterocycles. The van der Waals surface area contributed by atoms with Crippen LogP contribution in [0.15, 0.2) is 46.7 Å². The number of hydrogen-bond donors (Lipinski definition) is 1. The van der Waals surface area contributed by atoms with Crippen LogP contribution >= 0.6 is 11.3 Å². The number of hydrogen-bond acceptors (Lipinski definition) is 6. The van der Waals surface area contributed by atoms with E-state index in [1.54, 1.807) is 23.5 Å². The van der Waals surface area contributed by atoms with Crippen molar-refractivity contribution in [3.05, 3.63) is 52.2 Å². The SMILES string of the molecule is Cc1ccc(S(=O)(=O)CCC(=O)OCC(=O)NCCc2cccs2)cc1. The van der Waals surface area contributed by atoms with Crippen LogP contribution in [0, 0.1) is 6.92 Å². The maximum absolute atomic E-state index is 12.2. The van der Waals surface area contributed by atoms with Gasteiger partial charge in [0.1, 0.15) is 0 Å². The van der Waals surface area contributed by atoms with Gasteiger partial charge in [-0.2, -0.15) is 0 Å². The van der Waals surface area contributed by atoms with E-state index >= 15 is 0 Å². The number of thiophene rings is 1.